The summed E-state index contributed by atoms with van der Waals surface area (Å²) in [7, 11) is 0. The van der Waals surface area contributed by atoms with Gasteiger partial charge < -0.3 is 14.6 Å². The largest absolute Gasteiger partial charge is 0.504 e. The number of barbiturate groups is 1. The van der Waals surface area contributed by atoms with Crippen molar-refractivity contribution in [3.63, 3.8) is 0 Å². The zero-order valence-corrected chi connectivity index (χ0v) is 19.4. The SMILES string of the molecule is CCOc1cc(/C=C2\C(=O)NC(=O)N(c3ccc(OCc4ccccc4Cl)cc3)C2=O)ccc1O. The molecule has 4 amide bonds. The Bertz CT molecular complexity index is 1320. The first-order valence-electron chi connectivity index (χ1n) is 10.7. The molecule has 1 heterocycles. The van der Waals surface area contributed by atoms with Crippen LogP contribution in [0.4, 0.5) is 10.5 Å². The first kappa shape index (κ1) is 23.8. The summed E-state index contributed by atoms with van der Waals surface area (Å²) in [4.78, 5) is 38.9. The van der Waals surface area contributed by atoms with E-state index in [1.165, 1.54) is 24.3 Å². The number of nitrogens with one attached hydrogen (secondary N) is 1. The second-order valence-corrected chi connectivity index (χ2v) is 7.90. The molecule has 178 valence electrons. The maximum absolute atomic E-state index is 13.1. The predicted octanol–water partition coefficient (Wildman–Crippen LogP) is 4.69. The first-order chi connectivity index (χ1) is 16.9. The molecular weight excluding hydrogens is 472 g/mol. The van der Waals surface area contributed by atoms with Crippen molar-refractivity contribution in [1.82, 2.24) is 5.32 Å². The molecule has 1 aliphatic heterocycles. The fraction of sp³-hybridized carbons (Fsp3) is 0.115. The third kappa shape index (κ3) is 5.28. The zero-order valence-electron chi connectivity index (χ0n) is 18.7. The van der Waals surface area contributed by atoms with Crippen LogP contribution in [-0.4, -0.2) is 29.6 Å². The summed E-state index contributed by atoms with van der Waals surface area (Å²) in [6, 6.07) is 17.2. The summed E-state index contributed by atoms with van der Waals surface area (Å²) in [5, 5.41) is 12.6. The van der Waals surface area contributed by atoms with Crippen LogP contribution in [0.3, 0.4) is 0 Å². The van der Waals surface area contributed by atoms with Crippen LogP contribution in [0, 0.1) is 0 Å². The van der Waals surface area contributed by atoms with Gasteiger partial charge in [0.15, 0.2) is 11.5 Å². The summed E-state index contributed by atoms with van der Waals surface area (Å²) in [6.45, 7) is 2.34. The highest BCUT2D eigenvalue weighted by Gasteiger charge is 2.36. The van der Waals surface area contributed by atoms with Crippen molar-refractivity contribution in [2.75, 3.05) is 11.5 Å². The molecule has 0 spiro atoms. The first-order valence-corrected chi connectivity index (χ1v) is 11.1. The minimum atomic E-state index is -0.859. The number of rotatable bonds is 7. The number of benzene rings is 3. The maximum Gasteiger partial charge on any atom is 0.335 e. The number of aromatic hydroxyl groups is 1. The van der Waals surface area contributed by atoms with Crippen LogP contribution < -0.4 is 19.7 Å². The van der Waals surface area contributed by atoms with Crippen molar-refractivity contribution < 1.29 is 29.0 Å². The van der Waals surface area contributed by atoms with Crippen LogP contribution in [0.5, 0.6) is 17.2 Å². The quantitative estimate of drug-likeness (QED) is 0.366. The molecule has 0 bridgehead atoms. The lowest BCUT2D eigenvalue weighted by Crippen LogP contribution is -2.54. The van der Waals surface area contributed by atoms with Gasteiger partial charge in [0.2, 0.25) is 0 Å². The minimum Gasteiger partial charge on any atom is -0.504 e. The average Bonchev–Trinajstić information content (AvgIpc) is 2.84. The van der Waals surface area contributed by atoms with Crippen LogP contribution in [-0.2, 0) is 16.2 Å². The molecule has 4 rings (SSSR count). The number of halogens is 1. The van der Waals surface area contributed by atoms with E-state index >= 15 is 0 Å². The monoisotopic (exact) mass is 492 g/mol. The van der Waals surface area contributed by atoms with E-state index in [9.17, 15) is 19.5 Å². The van der Waals surface area contributed by atoms with Crippen molar-refractivity contribution >= 4 is 41.2 Å². The lowest BCUT2D eigenvalue weighted by molar-refractivity contribution is -0.122. The number of carbonyl (C=O) groups is 3. The second-order valence-electron chi connectivity index (χ2n) is 7.49. The normalized spacial score (nSPS) is 14.7. The lowest BCUT2D eigenvalue weighted by Gasteiger charge is -2.26. The number of carbonyl (C=O) groups excluding carboxylic acids is 3. The number of hydrogen-bond acceptors (Lipinski definition) is 6. The van der Waals surface area contributed by atoms with Gasteiger partial charge in [-0.2, -0.15) is 0 Å². The minimum absolute atomic E-state index is 0.0675. The second kappa shape index (κ2) is 10.3. The van der Waals surface area contributed by atoms with Crippen molar-refractivity contribution in [2.45, 2.75) is 13.5 Å². The summed E-state index contributed by atoms with van der Waals surface area (Å²) < 4.78 is 11.1. The van der Waals surface area contributed by atoms with Gasteiger partial charge >= 0.3 is 6.03 Å². The van der Waals surface area contributed by atoms with Crippen LogP contribution in [0.2, 0.25) is 5.02 Å². The van der Waals surface area contributed by atoms with Crippen molar-refractivity contribution in [3.8, 4) is 17.2 Å². The Hall–Kier alpha value is -4.30. The molecule has 8 nitrogen and oxygen atoms in total. The molecule has 0 aromatic heterocycles. The Labute approximate surface area is 206 Å². The molecule has 0 aliphatic carbocycles. The number of nitrogens with zero attached hydrogens (tertiary/aromatic N) is 1. The molecule has 35 heavy (non-hydrogen) atoms. The van der Waals surface area contributed by atoms with Crippen molar-refractivity contribution in [3.05, 3.63) is 88.5 Å². The van der Waals surface area contributed by atoms with Gasteiger partial charge in [-0.3, -0.25) is 14.9 Å². The lowest BCUT2D eigenvalue weighted by atomic mass is 10.1. The molecule has 1 fully saturated rings. The van der Waals surface area contributed by atoms with Crippen LogP contribution in [0.1, 0.15) is 18.1 Å². The smallest absolute Gasteiger partial charge is 0.335 e. The van der Waals surface area contributed by atoms with Gasteiger partial charge in [0.1, 0.15) is 17.9 Å². The molecule has 0 atom stereocenters. The number of ether oxygens (including phenoxy) is 2. The number of anilines is 1. The summed E-state index contributed by atoms with van der Waals surface area (Å²) in [6.07, 6.45) is 1.33. The third-order valence-electron chi connectivity index (χ3n) is 5.14. The summed E-state index contributed by atoms with van der Waals surface area (Å²) in [5.74, 6) is -0.942. The van der Waals surface area contributed by atoms with Gasteiger partial charge in [0.05, 0.1) is 12.3 Å². The van der Waals surface area contributed by atoms with E-state index < -0.39 is 17.8 Å². The highest BCUT2D eigenvalue weighted by atomic mass is 35.5. The highest BCUT2D eigenvalue weighted by Crippen LogP contribution is 2.29. The van der Waals surface area contributed by atoms with Gasteiger partial charge in [-0.15, -0.1) is 0 Å². The highest BCUT2D eigenvalue weighted by molar-refractivity contribution is 6.39. The average molecular weight is 493 g/mol. The Morgan fingerprint density at radius 2 is 1.74 bits per heavy atom. The zero-order chi connectivity index (χ0) is 24.9. The molecule has 1 aliphatic rings. The molecule has 0 radical (unpaired) electrons. The van der Waals surface area contributed by atoms with Crippen LogP contribution in [0.15, 0.2) is 72.3 Å². The Kier molecular flexibility index (Phi) is 7.03. The number of imide groups is 2. The van der Waals surface area contributed by atoms with Gasteiger partial charge in [-0.05, 0) is 61.0 Å². The number of phenolic OH excluding ortho intramolecular Hbond substituents is 1. The van der Waals surface area contributed by atoms with E-state index in [0.717, 1.165) is 10.5 Å². The van der Waals surface area contributed by atoms with E-state index in [1.54, 1.807) is 37.3 Å². The van der Waals surface area contributed by atoms with Gasteiger partial charge in [-0.25, -0.2) is 9.69 Å². The number of urea groups is 1. The maximum atomic E-state index is 13.1. The van der Waals surface area contributed by atoms with E-state index in [-0.39, 0.29) is 29.4 Å². The predicted molar refractivity (Wildman–Crippen MR) is 131 cm³/mol. The summed E-state index contributed by atoms with van der Waals surface area (Å²) >= 11 is 6.14. The molecule has 3 aromatic carbocycles. The molecule has 1 saturated heterocycles. The molecule has 2 N–H and O–H groups in total. The van der Waals surface area contributed by atoms with Crippen LogP contribution in [0.25, 0.3) is 6.08 Å². The Morgan fingerprint density at radius 1 is 1.00 bits per heavy atom. The standard InChI is InChI=1S/C26H21ClN2O6/c1-2-34-23-14-16(7-12-22(23)30)13-20-24(31)28-26(33)29(25(20)32)18-8-10-19(11-9-18)35-15-17-5-3-4-6-21(17)27/h3-14,30H,2,15H2,1H3,(H,28,31,33)/b20-13+. The fourth-order valence-corrected chi connectivity index (χ4v) is 3.61. The van der Waals surface area contributed by atoms with E-state index in [4.69, 9.17) is 21.1 Å². The van der Waals surface area contributed by atoms with Gasteiger partial charge in [0, 0.05) is 10.6 Å². The molecule has 0 unspecified atom stereocenters. The Morgan fingerprint density at radius 3 is 2.46 bits per heavy atom. The Balaban J connectivity index is 1.54. The third-order valence-corrected chi connectivity index (χ3v) is 5.51. The van der Waals surface area contributed by atoms with Gasteiger partial charge in [0.25, 0.3) is 11.8 Å². The van der Waals surface area contributed by atoms with E-state index in [0.29, 0.717) is 22.9 Å². The number of amides is 4. The van der Waals surface area contributed by atoms with E-state index in [1.807, 2.05) is 18.2 Å². The molecule has 3 aromatic rings. The summed E-state index contributed by atoms with van der Waals surface area (Å²) in [5.41, 5.74) is 1.29. The number of phenols is 1. The number of hydrogen-bond donors (Lipinski definition) is 2. The van der Waals surface area contributed by atoms with Crippen molar-refractivity contribution in [2.24, 2.45) is 0 Å². The van der Waals surface area contributed by atoms with Gasteiger partial charge in [-0.1, -0.05) is 35.9 Å². The van der Waals surface area contributed by atoms with Crippen LogP contribution >= 0.6 is 11.6 Å². The van der Waals surface area contributed by atoms with E-state index in [2.05, 4.69) is 5.32 Å². The fourth-order valence-electron chi connectivity index (χ4n) is 3.42. The van der Waals surface area contributed by atoms with Crippen molar-refractivity contribution in [1.29, 1.82) is 0 Å². The molecule has 9 heteroatoms. The molecule has 0 saturated carbocycles. The molecular formula is C26H21ClN2O6. The topological polar surface area (TPSA) is 105 Å².